The average Bonchev–Trinajstić information content (AvgIpc) is 2.48. The Morgan fingerprint density at radius 1 is 1.32 bits per heavy atom. The minimum Gasteiger partial charge on any atom is -0.495 e. The molecule has 0 saturated carbocycles. The number of nitrogens with zero attached hydrogens (tertiary/aromatic N) is 1. The molecular formula is C17H25N3O2. The van der Waals surface area contributed by atoms with E-state index in [1.54, 1.807) is 25.3 Å². The first kappa shape index (κ1) is 15.2. The number of fused-ring (bicyclic) bond motifs is 2. The highest BCUT2D eigenvalue weighted by Gasteiger charge is 2.36. The van der Waals surface area contributed by atoms with Gasteiger partial charge in [-0.3, -0.25) is 4.79 Å². The van der Waals surface area contributed by atoms with E-state index in [1.807, 2.05) is 0 Å². The zero-order valence-electron chi connectivity index (χ0n) is 13.3. The summed E-state index contributed by atoms with van der Waals surface area (Å²) in [6.07, 6.45) is 5.90. The third kappa shape index (κ3) is 2.90. The lowest BCUT2D eigenvalue weighted by Crippen LogP contribution is -2.55. The molecule has 2 fully saturated rings. The summed E-state index contributed by atoms with van der Waals surface area (Å²) >= 11 is 0. The number of rotatable bonds is 3. The lowest BCUT2D eigenvalue weighted by atomic mass is 9.82. The van der Waals surface area contributed by atoms with E-state index < -0.39 is 0 Å². The Hall–Kier alpha value is -1.75. The third-order valence-corrected chi connectivity index (χ3v) is 5.17. The van der Waals surface area contributed by atoms with Gasteiger partial charge < -0.3 is 20.7 Å². The zero-order valence-corrected chi connectivity index (χ0v) is 13.3. The van der Waals surface area contributed by atoms with E-state index in [1.165, 1.54) is 19.3 Å². The van der Waals surface area contributed by atoms with Crippen LogP contribution in [0, 0.1) is 0 Å². The molecule has 1 unspecified atom stereocenters. The summed E-state index contributed by atoms with van der Waals surface area (Å²) in [5.74, 6) is 0.513. The molecule has 2 aliphatic heterocycles. The van der Waals surface area contributed by atoms with Crippen LogP contribution in [0.5, 0.6) is 5.75 Å². The van der Waals surface area contributed by atoms with Crippen LogP contribution >= 0.6 is 0 Å². The van der Waals surface area contributed by atoms with Crippen LogP contribution < -0.4 is 15.8 Å². The number of carbonyl (C=O) groups is 1. The topological polar surface area (TPSA) is 67.6 Å². The summed E-state index contributed by atoms with van der Waals surface area (Å²) in [4.78, 5) is 15.0. The van der Waals surface area contributed by atoms with Gasteiger partial charge in [-0.1, -0.05) is 6.42 Å². The van der Waals surface area contributed by atoms with Crippen molar-refractivity contribution in [2.75, 3.05) is 19.9 Å². The molecule has 1 amide bonds. The predicted molar refractivity (Wildman–Crippen MR) is 87.1 cm³/mol. The van der Waals surface area contributed by atoms with Crippen molar-refractivity contribution in [3.63, 3.8) is 0 Å². The maximum atomic E-state index is 12.5. The molecule has 3 atom stereocenters. The summed E-state index contributed by atoms with van der Waals surface area (Å²) in [7, 11) is 3.78. The van der Waals surface area contributed by atoms with Crippen LogP contribution in [0.1, 0.15) is 42.5 Å². The van der Waals surface area contributed by atoms with Crippen LogP contribution in [-0.2, 0) is 0 Å². The molecule has 22 heavy (non-hydrogen) atoms. The Labute approximate surface area is 131 Å². The lowest BCUT2D eigenvalue weighted by molar-refractivity contribution is 0.0463. The van der Waals surface area contributed by atoms with Crippen molar-refractivity contribution in [1.29, 1.82) is 0 Å². The quantitative estimate of drug-likeness (QED) is 0.838. The SMILES string of the molecule is COc1cc(C(=O)NC2C[C@H]3CCC[C@@H](C2)N3C)ccc1N. The number of ether oxygens (including phenoxy) is 1. The molecule has 1 aromatic carbocycles. The Kier molecular flexibility index (Phi) is 4.25. The molecule has 2 heterocycles. The second-order valence-corrected chi connectivity index (χ2v) is 6.50. The first-order chi connectivity index (χ1) is 10.6. The number of nitrogen functional groups attached to an aromatic ring is 1. The van der Waals surface area contributed by atoms with Crippen LogP contribution in [0.4, 0.5) is 5.69 Å². The van der Waals surface area contributed by atoms with Gasteiger partial charge in [-0.15, -0.1) is 0 Å². The number of piperidine rings is 2. The van der Waals surface area contributed by atoms with E-state index >= 15 is 0 Å². The largest absolute Gasteiger partial charge is 0.495 e. The van der Waals surface area contributed by atoms with Crippen molar-refractivity contribution in [1.82, 2.24) is 10.2 Å². The fraction of sp³-hybridized carbons (Fsp3) is 0.588. The van der Waals surface area contributed by atoms with Gasteiger partial charge in [0.05, 0.1) is 12.8 Å². The first-order valence-corrected chi connectivity index (χ1v) is 8.04. The van der Waals surface area contributed by atoms with Crippen LogP contribution in [0.25, 0.3) is 0 Å². The van der Waals surface area contributed by atoms with Crippen LogP contribution in [-0.4, -0.2) is 43.1 Å². The summed E-state index contributed by atoms with van der Waals surface area (Å²) < 4.78 is 5.19. The molecule has 0 aromatic heterocycles. The number of hydrogen-bond donors (Lipinski definition) is 2. The van der Waals surface area contributed by atoms with Crippen molar-refractivity contribution in [3.05, 3.63) is 23.8 Å². The van der Waals surface area contributed by atoms with E-state index in [0.29, 0.717) is 29.1 Å². The number of anilines is 1. The van der Waals surface area contributed by atoms with Gasteiger partial charge in [-0.05, 0) is 50.9 Å². The fourth-order valence-electron chi connectivity index (χ4n) is 3.85. The van der Waals surface area contributed by atoms with Gasteiger partial charge >= 0.3 is 0 Å². The maximum Gasteiger partial charge on any atom is 0.251 e. The number of methoxy groups -OCH3 is 1. The third-order valence-electron chi connectivity index (χ3n) is 5.17. The van der Waals surface area contributed by atoms with E-state index in [4.69, 9.17) is 10.5 Å². The lowest BCUT2D eigenvalue weighted by Gasteiger charge is -2.47. The normalized spacial score (nSPS) is 28.2. The van der Waals surface area contributed by atoms with Gasteiger partial charge in [0.1, 0.15) is 5.75 Å². The minimum atomic E-state index is -0.0362. The molecule has 3 rings (SSSR count). The Balaban J connectivity index is 1.67. The number of benzene rings is 1. The molecule has 0 aliphatic carbocycles. The van der Waals surface area contributed by atoms with E-state index in [2.05, 4.69) is 17.3 Å². The van der Waals surface area contributed by atoms with E-state index in [9.17, 15) is 4.79 Å². The van der Waals surface area contributed by atoms with Crippen molar-refractivity contribution < 1.29 is 9.53 Å². The average molecular weight is 303 g/mol. The molecule has 0 radical (unpaired) electrons. The monoisotopic (exact) mass is 303 g/mol. The molecule has 2 saturated heterocycles. The van der Waals surface area contributed by atoms with Gasteiger partial charge in [0.2, 0.25) is 0 Å². The van der Waals surface area contributed by atoms with Crippen molar-refractivity contribution >= 4 is 11.6 Å². The van der Waals surface area contributed by atoms with E-state index in [0.717, 1.165) is 12.8 Å². The van der Waals surface area contributed by atoms with Crippen LogP contribution in [0.15, 0.2) is 18.2 Å². The van der Waals surface area contributed by atoms with Gasteiger partial charge in [-0.2, -0.15) is 0 Å². The van der Waals surface area contributed by atoms with Crippen LogP contribution in [0.3, 0.4) is 0 Å². The summed E-state index contributed by atoms with van der Waals surface area (Å²) in [5, 5.41) is 3.19. The Morgan fingerprint density at radius 3 is 2.64 bits per heavy atom. The molecule has 3 N–H and O–H groups in total. The van der Waals surface area contributed by atoms with Crippen molar-refractivity contribution in [2.45, 2.75) is 50.2 Å². The van der Waals surface area contributed by atoms with Gasteiger partial charge in [-0.25, -0.2) is 0 Å². The van der Waals surface area contributed by atoms with Crippen molar-refractivity contribution in [3.8, 4) is 5.75 Å². The maximum absolute atomic E-state index is 12.5. The molecule has 2 bridgehead atoms. The Morgan fingerprint density at radius 2 is 2.00 bits per heavy atom. The highest BCUT2D eigenvalue weighted by Crippen LogP contribution is 2.32. The molecule has 0 spiro atoms. The molecular weight excluding hydrogens is 278 g/mol. The number of hydrogen-bond acceptors (Lipinski definition) is 4. The summed E-state index contributed by atoms with van der Waals surface area (Å²) in [5.41, 5.74) is 6.95. The highest BCUT2D eigenvalue weighted by atomic mass is 16.5. The zero-order chi connectivity index (χ0) is 15.7. The Bertz CT molecular complexity index is 547. The summed E-state index contributed by atoms with van der Waals surface area (Å²) in [6, 6.07) is 6.67. The molecule has 1 aromatic rings. The second-order valence-electron chi connectivity index (χ2n) is 6.50. The number of nitrogens with one attached hydrogen (secondary N) is 1. The van der Waals surface area contributed by atoms with Crippen molar-refractivity contribution in [2.24, 2.45) is 0 Å². The fourth-order valence-corrected chi connectivity index (χ4v) is 3.85. The first-order valence-electron chi connectivity index (χ1n) is 8.04. The smallest absolute Gasteiger partial charge is 0.251 e. The minimum absolute atomic E-state index is 0.0362. The molecule has 5 heteroatoms. The van der Waals surface area contributed by atoms with E-state index in [-0.39, 0.29) is 11.9 Å². The standard InChI is InChI=1S/C17H25N3O2/c1-20-13-4-3-5-14(20)10-12(9-13)19-17(21)11-6-7-15(18)16(8-11)22-2/h6-8,12-14H,3-5,9-10,18H2,1-2H3,(H,19,21)/t12?,13-,14+. The van der Waals surface area contributed by atoms with Gasteiger partial charge in [0.15, 0.2) is 0 Å². The van der Waals surface area contributed by atoms with Gasteiger partial charge in [0, 0.05) is 23.7 Å². The predicted octanol–water partition coefficient (Wildman–Crippen LogP) is 2.02. The second kappa shape index (κ2) is 6.16. The molecule has 5 nitrogen and oxygen atoms in total. The van der Waals surface area contributed by atoms with Crippen LogP contribution in [0.2, 0.25) is 0 Å². The van der Waals surface area contributed by atoms with Gasteiger partial charge in [0.25, 0.3) is 5.91 Å². The number of amides is 1. The number of carbonyl (C=O) groups excluding carboxylic acids is 1. The molecule has 2 aliphatic rings. The number of nitrogens with two attached hydrogens (primary N) is 1. The molecule has 120 valence electrons. The highest BCUT2D eigenvalue weighted by molar-refractivity contribution is 5.95. The summed E-state index contributed by atoms with van der Waals surface area (Å²) in [6.45, 7) is 0.